The highest BCUT2D eigenvalue weighted by Crippen LogP contribution is 2.27. The van der Waals surface area contributed by atoms with E-state index in [1.54, 1.807) is 6.07 Å². The van der Waals surface area contributed by atoms with Crippen molar-refractivity contribution in [3.63, 3.8) is 0 Å². The molecule has 0 saturated heterocycles. The summed E-state index contributed by atoms with van der Waals surface area (Å²) in [5.74, 6) is -0.377. The first-order valence-corrected chi connectivity index (χ1v) is 5.80. The Kier molecular flexibility index (Phi) is 3.26. The Hall–Kier alpha value is -1.26. The highest BCUT2D eigenvalue weighted by molar-refractivity contribution is 7.71. The Labute approximate surface area is 108 Å². The smallest absolute Gasteiger partial charge is 0.130 e. The first kappa shape index (κ1) is 12.2. The van der Waals surface area contributed by atoms with Crippen molar-refractivity contribution in [2.75, 3.05) is 0 Å². The molecule has 5 heteroatoms. The first-order chi connectivity index (χ1) is 7.99. The van der Waals surface area contributed by atoms with Crippen LogP contribution >= 0.6 is 23.8 Å². The van der Waals surface area contributed by atoms with Crippen molar-refractivity contribution in [2.45, 2.75) is 13.8 Å². The van der Waals surface area contributed by atoms with Gasteiger partial charge in [0.15, 0.2) is 0 Å². The van der Waals surface area contributed by atoms with Crippen molar-refractivity contribution >= 4 is 23.8 Å². The Balaban J connectivity index is 2.69. The van der Waals surface area contributed by atoms with E-state index >= 15 is 0 Å². The third kappa shape index (κ3) is 2.37. The average molecular weight is 269 g/mol. The van der Waals surface area contributed by atoms with Gasteiger partial charge in [0.1, 0.15) is 16.2 Å². The molecule has 88 valence electrons. The van der Waals surface area contributed by atoms with Crippen LogP contribution in [0.5, 0.6) is 0 Å². The summed E-state index contributed by atoms with van der Waals surface area (Å²) in [7, 11) is 0. The number of aryl methyl sites for hydroxylation is 2. The van der Waals surface area contributed by atoms with Crippen LogP contribution in [-0.2, 0) is 0 Å². The van der Waals surface area contributed by atoms with Crippen molar-refractivity contribution in [3.05, 3.63) is 45.1 Å². The van der Waals surface area contributed by atoms with Crippen LogP contribution in [0.1, 0.15) is 11.4 Å². The maximum absolute atomic E-state index is 13.0. The zero-order chi connectivity index (χ0) is 12.6. The fraction of sp³-hybridized carbons (Fsp3) is 0.167. The predicted molar refractivity (Wildman–Crippen MR) is 69.3 cm³/mol. The van der Waals surface area contributed by atoms with E-state index in [1.165, 1.54) is 12.1 Å². The summed E-state index contributed by atoms with van der Waals surface area (Å²) in [6.07, 6.45) is 0. The SMILES string of the molecule is Cc1nc(-c2ccc(F)cc2Cl)c(=S)[nH]c1C. The summed E-state index contributed by atoms with van der Waals surface area (Å²) < 4.78 is 13.5. The van der Waals surface area contributed by atoms with Crippen molar-refractivity contribution in [3.8, 4) is 11.3 Å². The third-order valence-corrected chi connectivity index (χ3v) is 3.13. The minimum absolute atomic E-state index is 0.306. The van der Waals surface area contributed by atoms with E-state index in [2.05, 4.69) is 9.97 Å². The Morgan fingerprint density at radius 2 is 2.06 bits per heavy atom. The van der Waals surface area contributed by atoms with Gasteiger partial charge in [0, 0.05) is 11.3 Å². The molecule has 0 bridgehead atoms. The number of aromatic amines is 1. The quantitative estimate of drug-likeness (QED) is 0.785. The van der Waals surface area contributed by atoms with Gasteiger partial charge in [0.05, 0.1) is 10.7 Å². The Morgan fingerprint density at radius 1 is 1.35 bits per heavy atom. The number of nitrogens with zero attached hydrogens (tertiary/aromatic N) is 1. The van der Waals surface area contributed by atoms with E-state index in [4.69, 9.17) is 23.8 Å². The maximum Gasteiger partial charge on any atom is 0.130 e. The fourth-order valence-electron chi connectivity index (χ4n) is 1.49. The second-order valence-electron chi connectivity index (χ2n) is 3.75. The molecule has 2 nitrogen and oxygen atoms in total. The van der Waals surface area contributed by atoms with Gasteiger partial charge in [-0.1, -0.05) is 23.8 Å². The van der Waals surface area contributed by atoms with Gasteiger partial charge >= 0.3 is 0 Å². The number of H-pyrrole nitrogens is 1. The topological polar surface area (TPSA) is 28.7 Å². The van der Waals surface area contributed by atoms with Crippen LogP contribution in [0.25, 0.3) is 11.3 Å². The van der Waals surface area contributed by atoms with E-state index in [0.29, 0.717) is 20.9 Å². The van der Waals surface area contributed by atoms with Crippen LogP contribution in [0.15, 0.2) is 18.2 Å². The summed E-state index contributed by atoms with van der Waals surface area (Å²) in [6.45, 7) is 3.77. The lowest BCUT2D eigenvalue weighted by Crippen LogP contribution is -1.96. The van der Waals surface area contributed by atoms with Crippen LogP contribution in [0.3, 0.4) is 0 Å². The van der Waals surface area contributed by atoms with Crippen molar-refractivity contribution in [1.82, 2.24) is 9.97 Å². The fourth-order valence-corrected chi connectivity index (χ4v) is 2.05. The van der Waals surface area contributed by atoms with Gasteiger partial charge in [-0.05, 0) is 32.0 Å². The highest BCUT2D eigenvalue weighted by atomic mass is 35.5. The molecule has 0 radical (unpaired) electrons. The largest absolute Gasteiger partial charge is 0.347 e. The summed E-state index contributed by atoms with van der Waals surface area (Å²) in [5, 5.41) is 0.306. The molecule has 0 aliphatic carbocycles. The number of rotatable bonds is 1. The minimum Gasteiger partial charge on any atom is -0.347 e. The van der Waals surface area contributed by atoms with Crippen LogP contribution in [0, 0.1) is 24.3 Å². The molecule has 0 spiro atoms. The van der Waals surface area contributed by atoms with Gasteiger partial charge in [-0.3, -0.25) is 0 Å². The van der Waals surface area contributed by atoms with Crippen molar-refractivity contribution < 1.29 is 4.39 Å². The lowest BCUT2D eigenvalue weighted by molar-refractivity contribution is 0.628. The number of aromatic nitrogens is 2. The van der Waals surface area contributed by atoms with Crippen LogP contribution in [0.4, 0.5) is 4.39 Å². The van der Waals surface area contributed by atoms with Gasteiger partial charge in [-0.25, -0.2) is 9.37 Å². The van der Waals surface area contributed by atoms with Crippen molar-refractivity contribution in [1.29, 1.82) is 0 Å². The van der Waals surface area contributed by atoms with Gasteiger partial charge in [-0.15, -0.1) is 0 Å². The number of nitrogens with one attached hydrogen (secondary N) is 1. The monoisotopic (exact) mass is 268 g/mol. The van der Waals surface area contributed by atoms with Crippen LogP contribution in [-0.4, -0.2) is 9.97 Å². The predicted octanol–water partition coefficient (Wildman–Crippen LogP) is 4.22. The molecule has 1 aromatic carbocycles. The van der Waals surface area contributed by atoms with E-state index in [0.717, 1.165) is 11.4 Å². The highest BCUT2D eigenvalue weighted by Gasteiger charge is 2.09. The molecule has 0 fully saturated rings. The second-order valence-corrected chi connectivity index (χ2v) is 4.56. The molecule has 2 rings (SSSR count). The van der Waals surface area contributed by atoms with Crippen molar-refractivity contribution in [2.24, 2.45) is 0 Å². The molecule has 1 N–H and O–H groups in total. The standard InChI is InChI=1S/C12H10ClFN2S/c1-6-7(2)16-12(17)11(15-6)9-4-3-8(14)5-10(9)13/h3-5H,1-2H3,(H,16,17). The second kappa shape index (κ2) is 4.55. The molecule has 0 aliphatic rings. The molecule has 0 atom stereocenters. The lowest BCUT2D eigenvalue weighted by atomic mass is 10.1. The molecular weight excluding hydrogens is 259 g/mol. The molecule has 17 heavy (non-hydrogen) atoms. The normalized spacial score (nSPS) is 10.6. The van der Waals surface area contributed by atoms with E-state index in [9.17, 15) is 4.39 Å². The third-order valence-electron chi connectivity index (χ3n) is 2.52. The molecule has 0 unspecified atom stereocenters. The minimum atomic E-state index is -0.377. The molecule has 2 aromatic rings. The van der Waals surface area contributed by atoms with E-state index in [-0.39, 0.29) is 5.82 Å². The molecule has 0 saturated carbocycles. The molecule has 0 aliphatic heterocycles. The number of halogens is 2. The average Bonchev–Trinajstić information content (AvgIpc) is 2.24. The van der Waals surface area contributed by atoms with Gasteiger partial charge < -0.3 is 4.98 Å². The summed E-state index contributed by atoms with van der Waals surface area (Å²) in [5.41, 5.74) is 2.97. The maximum atomic E-state index is 13.0. The number of hydrogen-bond acceptors (Lipinski definition) is 2. The number of benzene rings is 1. The number of hydrogen-bond donors (Lipinski definition) is 1. The summed E-state index contributed by atoms with van der Waals surface area (Å²) >= 11 is 11.2. The molecule has 1 heterocycles. The van der Waals surface area contributed by atoms with E-state index < -0.39 is 0 Å². The van der Waals surface area contributed by atoms with E-state index in [1.807, 2.05) is 13.8 Å². The molecule has 1 aromatic heterocycles. The zero-order valence-corrected chi connectivity index (χ0v) is 10.9. The Bertz CT molecular complexity index is 637. The zero-order valence-electron chi connectivity index (χ0n) is 9.34. The molecule has 0 amide bonds. The Morgan fingerprint density at radius 3 is 2.71 bits per heavy atom. The van der Waals surface area contributed by atoms with Crippen LogP contribution in [0.2, 0.25) is 5.02 Å². The lowest BCUT2D eigenvalue weighted by Gasteiger charge is -2.07. The van der Waals surface area contributed by atoms with Gasteiger partial charge in [0.2, 0.25) is 0 Å². The first-order valence-electron chi connectivity index (χ1n) is 5.02. The van der Waals surface area contributed by atoms with Gasteiger partial charge in [-0.2, -0.15) is 0 Å². The molecular formula is C12H10ClFN2S. The van der Waals surface area contributed by atoms with Crippen LogP contribution < -0.4 is 0 Å². The summed E-state index contributed by atoms with van der Waals surface area (Å²) in [6, 6.07) is 4.17. The van der Waals surface area contributed by atoms with Gasteiger partial charge in [0.25, 0.3) is 0 Å². The summed E-state index contributed by atoms with van der Waals surface area (Å²) in [4.78, 5) is 7.44.